The van der Waals surface area contributed by atoms with Gasteiger partial charge in [-0.2, -0.15) is 5.10 Å². The molecule has 9 heteroatoms. The second-order valence-electron chi connectivity index (χ2n) is 6.03. The average molecular weight is 409 g/mol. The van der Waals surface area contributed by atoms with Crippen LogP contribution in [-0.2, 0) is 4.74 Å². The zero-order valence-electron chi connectivity index (χ0n) is 15.9. The fourth-order valence-corrected chi connectivity index (χ4v) is 2.69. The van der Waals surface area contributed by atoms with Crippen LogP contribution in [0.25, 0.3) is 11.1 Å². The number of ether oxygens (including phenoxy) is 1. The lowest BCUT2D eigenvalue weighted by Gasteiger charge is -2.11. The summed E-state index contributed by atoms with van der Waals surface area (Å²) >= 11 is 0. The number of anilines is 1. The van der Waals surface area contributed by atoms with Crippen molar-refractivity contribution in [3.05, 3.63) is 77.5 Å². The van der Waals surface area contributed by atoms with Crippen LogP contribution >= 0.6 is 0 Å². The molecule has 0 saturated heterocycles. The smallest absolute Gasteiger partial charge is 0.337 e. The predicted octanol–water partition coefficient (Wildman–Crippen LogP) is 3.68. The van der Waals surface area contributed by atoms with Crippen molar-refractivity contribution >= 4 is 30.0 Å². The van der Waals surface area contributed by atoms with Gasteiger partial charge in [0, 0.05) is 18.5 Å². The maximum Gasteiger partial charge on any atom is 0.337 e. The van der Waals surface area contributed by atoms with E-state index in [4.69, 9.17) is 10.5 Å². The van der Waals surface area contributed by atoms with E-state index < -0.39 is 17.6 Å². The number of pyridine rings is 1. The number of hydrogen-bond acceptors (Lipinski definition) is 6. The molecule has 1 aromatic heterocycles. The summed E-state index contributed by atoms with van der Waals surface area (Å²) in [7, 11) is 1.29. The predicted molar refractivity (Wildman–Crippen MR) is 111 cm³/mol. The van der Waals surface area contributed by atoms with Crippen molar-refractivity contribution in [3.63, 3.8) is 0 Å². The number of esters is 1. The van der Waals surface area contributed by atoms with Crippen LogP contribution in [0, 0.1) is 11.6 Å². The normalized spacial score (nSPS) is 11.1. The minimum absolute atomic E-state index is 0.0190. The average Bonchev–Trinajstić information content (AvgIpc) is 2.76. The molecule has 2 aromatic carbocycles. The number of nitrogens with two attached hydrogens (primary N) is 1. The second kappa shape index (κ2) is 8.91. The summed E-state index contributed by atoms with van der Waals surface area (Å²) in [5.41, 5.74) is 10.2. The summed E-state index contributed by atoms with van der Waals surface area (Å²) in [6.45, 7) is 3.34. The Balaban J connectivity index is 2.11. The molecule has 3 rings (SSSR count). The summed E-state index contributed by atoms with van der Waals surface area (Å²) in [5, 5.41) is 3.56. The number of carbonyl (C=O) groups excluding carboxylic acids is 1. The summed E-state index contributed by atoms with van der Waals surface area (Å²) in [6, 6.07) is 12.0. The Bertz CT molecular complexity index is 1150. The van der Waals surface area contributed by atoms with E-state index >= 15 is 0 Å². The first-order valence-corrected chi connectivity index (χ1v) is 8.63. The van der Waals surface area contributed by atoms with Crippen LogP contribution in [0.1, 0.15) is 15.9 Å². The SMILES string of the molecule is C=NNC(=Nc1cccc(F)c1F)c1cc(-c2cccc(C(=O)OC)c2)cnc1N. The third-order valence-electron chi connectivity index (χ3n) is 4.14. The van der Waals surface area contributed by atoms with Gasteiger partial charge in [-0.15, -0.1) is 0 Å². The molecule has 0 atom stereocenters. The number of amidine groups is 1. The number of carbonyl (C=O) groups is 1. The third-order valence-corrected chi connectivity index (χ3v) is 4.14. The number of nitrogens with one attached hydrogen (secondary N) is 1. The van der Waals surface area contributed by atoms with Gasteiger partial charge in [-0.25, -0.2) is 23.6 Å². The summed E-state index contributed by atoms with van der Waals surface area (Å²) in [5.74, 6) is -2.54. The Morgan fingerprint density at radius 2 is 1.93 bits per heavy atom. The van der Waals surface area contributed by atoms with Crippen molar-refractivity contribution in [1.29, 1.82) is 0 Å². The van der Waals surface area contributed by atoms with Crippen molar-refractivity contribution in [1.82, 2.24) is 10.4 Å². The lowest BCUT2D eigenvalue weighted by molar-refractivity contribution is 0.0601. The Kier molecular flexibility index (Phi) is 6.11. The maximum absolute atomic E-state index is 14.1. The lowest BCUT2D eigenvalue weighted by atomic mass is 10.0. The van der Waals surface area contributed by atoms with Gasteiger partial charge in [0.15, 0.2) is 17.5 Å². The van der Waals surface area contributed by atoms with Crippen LogP contribution in [-0.4, -0.2) is 30.6 Å². The van der Waals surface area contributed by atoms with Crippen LogP contribution in [0.5, 0.6) is 0 Å². The minimum Gasteiger partial charge on any atom is -0.465 e. The monoisotopic (exact) mass is 409 g/mol. The molecule has 0 fully saturated rings. The fourth-order valence-electron chi connectivity index (χ4n) is 2.69. The molecule has 0 aliphatic heterocycles. The molecule has 0 spiro atoms. The molecular weight excluding hydrogens is 392 g/mol. The number of aliphatic imine (C=N–C) groups is 1. The van der Waals surface area contributed by atoms with E-state index in [1.54, 1.807) is 30.3 Å². The number of aromatic nitrogens is 1. The zero-order valence-corrected chi connectivity index (χ0v) is 15.9. The van der Waals surface area contributed by atoms with Crippen LogP contribution in [0.3, 0.4) is 0 Å². The van der Waals surface area contributed by atoms with E-state index in [0.717, 1.165) is 6.07 Å². The zero-order chi connectivity index (χ0) is 21.7. The molecule has 0 aliphatic rings. The summed E-state index contributed by atoms with van der Waals surface area (Å²) in [6.07, 6.45) is 1.51. The van der Waals surface area contributed by atoms with Crippen LogP contribution in [0.2, 0.25) is 0 Å². The highest BCUT2D eigenvalue weighted by Crippen LogP contribution is 2.26. The van der Waals surface area contributed by atoms with Gasteiger partial charge < -0.3 is 10.5 Å². The van der Waals surface area contributed by atoms with Gasteiger partial charge in [-0.1, -0.05) is 18.2 Å². The molecule has 3 aromatic rings. The molecule has 7 nitrogen and oxygen atoms in total. The first-order chi connectivity index (χ1) is 14.4. The summed E-state index contributed by atoms with van der Waals surface area (Å²) < 4.78 is 32.3. The van der Waals surface area contributed by atoms with Crippen LogP contribution in [0.4, 0.5) is 20.3 Å². The highest BCUT2D eigenvalue weighted by molar-refractivity contribution is 6.04. The quantitative estimate of drug-likeness (QED) is 0.290. The molecule has 152 valence electrons. The van der Waals surface area contributed by atoms with Gasteiger partial charge >= 0.3 is 5.97 Å². The summed E-state index contributed by atoms with van der Waals surface area (Å²) in [4.78, 5) is 20.0. The standard InChI is InChI=1S/C21H17F2N5O2/c1-25-28-20(27-17-8-4-7-16(22)18(17)23)15-10-14(11-26-19(15)24)12-5-3-6-13(9-12)21(29)30-2/h3-11H,1H2,2H3,(H2,24,26)(H,27,28). The number of benzene rings is 2. The van der Waals surface area contributed by atoms with E-state index in [-0.39, 0.29) is 22.9 Å². The molecular formula is C21H17F2N5O2. The molecule has 3 N–H and O–H groups in total. The van der Waals surface area contributed by atoms with Crippen LogP contribution in [0.15, 0.2) is 64.8 Å². The number of hydrogen-bond donors (Lipinski definition) is 2. The first kappa shape index (κ1) is 20.6. The van der Waals surface area contributed by atoms with E-state index in [1.807, 2.05) is 0 Å². The van der Waals surface area contributed by atoms with E-state index in [9.17, 15) is 13.6 Å². The molecule has 0 saturated carbocycles. The van der Waals surface area contributed by atoms with E-state index in [2.05, 4.69) is 27.2 Å². The maximum atomic E-state index is 14.1. The van der Waals surface area contributed by atoms with E-state index in [0.29, 0.717) is 16.7 Å². The molecule has 0 unspecified atom stereocenters. The van der Waals surface area contributed by atoms with Crippen molar-refractivity contribution in [2.75, 3.05) is 12.8 Å². The number of nitrogen functional groups attached to an aromatic ring is 1. The Hall–Kier alpha value is -4.14. The molecule has 0 aliphatic carbocycles. The number of halogens is 2. The van der Waals surface area contributed by atoms with Crippen LogP contribution < -0.4 is 11.2 Å². The third kappa shape index (κ3) is 4.30. The molecule has 0 bridgehead atoms. The largest absolute Gasteiger partial charge is 0.465 e. The lowest BCUT2D eigenvalue weighted by Crippen LogP contribution is -2.20. The van der Waals surface area contributed by atoms with Crippen molar-refractivity contribution in [2.45, 2.75) is 0 Å². The number of nitrogens with zero attached hydrogens (tertiary/aromatic N) is 3. The number of rotatable bonds is 5. The molecule has 30 heavy (non-hydrogen) atoms. The van der Waals surface area contributed by atoms with Gasteiger partial charge in [-0.3, -0.25) is 5.43 Å². The van der Waals surface area contributed by atoms with Gasteiger partial charge in [0.25, 0.3) is 0 Å². The Morgan fingerprint density at radius 1 is 1.17 bits per heavy atom. The number of methoxy groups -OCH3 is 1. The number of hydrazone groups is 1. The Morgan fingerprint density at radius 3 is 2.67 bits per heavy atom. The van der Waals surface area contributed by atoms with Gasteiger partial charge in [-0.05, 0) is 35.9 Å². The molecule has 0 radical (unpaired) electrons. The van der Waals surface area contributed by atoms with Crippen molar-refractivity contribution in [2.24, 2.45) is 10.1 Å². The van der Waals surface area contributed by atoms with Crippen molar-refractivity contribution in [3.8, 4) is 11.1 Å². The Labute approximate surface area is 170 Å². The van der Waals surface area contributed by atoms with Gasteiger partial charge in [0.1, 0.15) is 11.5 Å². The minimum atomic E-state index is -1.12. The second-order valence-corrected chi connectivity index (χ2v) is 6.03. The highest BCUT2D eigenvalue weighted by Gasteiger charge is 2.15. The van der Waals surface area contributed by atoms with Gasteiger partial charge in [0.05, 0.1) is 18.2 Å². The van der Waals surface area contributed by atoms with E-state index in [1.165, 1.54) is 25.4 Å². The molecule has 1 heterocycles. The van der Waals surface area contributed by atoms with Crippen molar-refractivity contribution < 1.29 is 18.3 Å². The topological polar surface area (TPSA) is 102 Å². The fraction of sp³-hybridized carbons (Fsp3) is 0.0476. The first-order valence-electron chi connectivity index (χ1n) is 8.63. The van der Waals surface area contributed by atoms with Gasteiger partial charge in [0.2, 0.25) is 0 Å². The molecule has 0 amide bonds. The highest BCUT2D eigenvalue weighted by atomic mass is 19.2.